The number of aryl methyl sites for hydroxylation is 2. The van der Waals surface area contributed by atoms with Crippen LogP contribution in [0.4, 0.5) is 0 Å². The second-order valence-corrected chi connectivity index (χ2v) is 9.27. The number of carbonyl (C=O) groups is 1. The predicted molar refractivity (Wildman–Crippen MR) is 102 cm³/mol. The van der Waals surface area contributed by atoms with E-state index >= 15 is 0 Å². The number of nitrogens with two attached hydrogens (primary N) is 1. The van der Waals surface area contributed by atoms with Crippen molar-refractivity contribution in [2.75, 3.05) is 13.7 Å². The Balaban J connectivity index is 1.55. The van der Waals surface area contributed by atoms with Crippen LogP contribution in [0.5, 0.6) is 5.88 Å². The molecule has 0 spiro atoms. The van der Waals surface area contributed by atoms with Gasteiger partial charge in [-0.2, -0.15) is 5.10 Å². The second kappa shape index (κ2) is 6.40. The van der Waals surface area contributed by atoms with Crippen LogP contribution in [0.15, 0.2) is 21.5 Å². The SMILES string of the molecule is CO[C@H]1COc2c(S(N)(=O)=NC(=O)c3c4c(cc5c3CC5)CCC4)cnn2C1. The van der Waals surface area contributed by atoms with E-state index in [1.165, 1.54) is 17.3 Å². The van der Waals surface area contributed by atoms with Crippen LogP contribution in [0, 0.1) is 0 Å². The fraction of sp³-hybridized carbons (Fsp3) is 0.474. The minimum Gasteiger partial charge on any atom is -0.474 e. The summed E-state index contributed by atoms with van der Waals surface area (Å²) in [5.41, 5.74) is 5.15. The minimum absolute atomic E-state index is 0.140. The highest BCUT2D eigenvalue weighted by molar-refractivity contribution is 7.91. The lowest BCUT2D eigenvalue weighted by molar-refractivity contribution is 0.0165. The summed E-state index contributed by atoms with van der Waals surface area (Å²) < 4.78 is 29.6. The Kier molecular flexibility index (Phi) is 4.08. The van der Waals surface area contributed by atoms with E-state index in [0.717, 1.165) is 43.2 Å². The summed E-state index contributed by atoms with van der Waals surface area (Å²) in [4.78, 5) is 13.2. The summed E-state index contributed by atoms with van der Waals surface area (Å²) in [7, 11) is -1.88. The van der Waals surface area contributed by atoms with Gasteiger partial charge in [0.15, 0.2) is 0 Å². The molecule has 1 aromatic carbocycles. The summed E-state index contributed by atoms with van der Waals surface area (Å²) in [5, 5.41) is 10.2. The van der Waals surface area contributed by atoms with Crippen molar-refractivity contribution >= 4 is 15.8 Å². The van der Waals surface area contributed by atoms with Gasteiger partial charge >= 0.3 is 0 Å². The van der Waals surface area contributed by atoms with Crippen molar-refractivity contribution in [3.63, 3.8) is 0 Å². The molecule has 1 aromatic heterocycles. The monoisotopic (exact) mass is 402 g/mol. The number of ether oxygens (including phenoxy) is 2. The topological polar surface area (TPSA) is 109 Å². The van der Waals surface area contributed by atoms with Crippen LogP contribution in [-0.2, 0) is 46.9 Å². The van der Waals surface area contributed by atoms with E-state index in [4.69, 9.17) is 14.6 Å². The highest BCUT2D eigenvalue weighted by atomic mass is 32.2. The molecule has 0 saturated carbocycles. The molecule has 0 fully saturated rings. The smallest absolute Gasteiger partial charge is 0.286 e. The highest BCUT2D eigenvalue weighted by Crippen LogP contribution is 2.37. The van der Waals surface area contributed by atoms with Crippen LogP contribution in [0.3, 0.4) is 0 Å². The molecule has 0 bridgehead atoms. The van der Waals surface area contributed by atoms with E-state index in [1.54, 1.807) is 11.8 Å². The van der Waals surface area contributed by atoms with Crippen LogP contribution >= 0.6 is 0 Å². The molecule has 0 radical (unpaired) electrons. The Morgan fingerprint density at radius 3 is 2.86 bits per heavy atom. The maximum absolute atomic E-state index is 13.2. The van der Waals surface area contributed by atoms with Crippen LogP contribution < -0.4 is 9.88 Å². The van der Waals surface area contributed by atoms with Gasteiger partial charge in [0.1, 0.15) is 27.5 Å². The van der Waals surface area contributed by atoms with E-state index in [1.807, 2.05) is 0 Å². The number of rotatable bonds is 3. The van der Waals surface area contributed by atoms with E-state index in [0.29, 0.717) is 24.6 Å². The molecule has 8 nitrogen and oxygen atoms in total. The molecule has 2 aromatic rings. The van der Waals surface area contributed by atoms with Gasteiger partial charge < -0.3 is 9.47 Å². The van der Waals surface area contributed by atoms with Crippen molar-refractivity contribution in [3.8, 4) is 5.88 Å². The lowest BCUT2D eigenvalue weighted by Crippen LogP contribution is -2.32. The van der Waals surface area contributed by atoms with E-state index in [-0.39, 0.29) is 11.0 Å². The molecular weight excluding hydrogens is 380 g/mol. The van der Waals surface area contributed by atoms with Crippen molar-refractivity contribution < 1.29 is 18.5 Å². The summed E-state index contributed by atoms with van der Waals surface area (Å²) in [5.74, 6) is -0.198. The van der Waals surface area contributed by atoms with Gasteiger partial charge in [0.2, 0.25) is 5.88 Å². The van der Waals surface area contributed by atoms with Crippen molar-refractivity contribution in [2.45, 2.75) is 49.6 Å². The Bertz CT molecular complexity index is 1110. The Hall–Kier alpha value is -2.23. The lowest BCUT2D eigenvalue weighted by Gasteiger charge is -2.24. The Labute approximate surface area is 163 Å². The van der Waals surface area contributed by atoms with Gasteiger partial charge in [-0.05, 0) is 54.4 Å². The van der Waals surface area contributed by atoms with Crippen LogP contribution in [-0.4, -0.2) is 39.7 Å². The van der Waals surface area contributed by atoms with Gasteiger partial charge in [-0.3, -0.25) is 4.79 Å². The lowest BCUT2D eigenvalue weighted by atomic mass is 9.80. The average Bonchev–Trinajstić information content (AvgIpc) is 3.28. The summed E-state index contributed by atoms with van der Waals surface area (Å²) in [6.45, 7) is 0.771. The van der Waals surface area contributed by atoms with Gasteiger partial charge in [-0.25, -0.2) is 14.0 Å². The molecule has 2 heterocycles. The standard InChI is InChI=1S/C19H22N4O4S/c1-26-13-9-23-19(27-10-13)16(8-21-23)28(20,25)22-18(24)17-14-4-2-3-11(14)7-12-5-6-15(12)17/h7-8,13H,2-6,9-10H2,1H3,(H2,20,22,24,25)/t13-,28?/m1/s1. The number of nitrogens with zero attached hydrogens (tertiary/aromatic N) is 3. The molecular formula is C19H22N4O4S. The maximum atomic E-state index is 13.2. The molecule has 2 atom stereocenters. The number of benzene rings is 1. The molecule has 5 rings (SSSR count). The first-order valence-electron chi connectivity index (χ1n) is 9.45. The summed E-state index contributed by atoms with van der Waals surface area (Å²) in [6.07, 6.45) is 5.94. The Morgan fingerprint density at radius 2 is 2.11 bits per heavy atom. The van der Waals surface area contributed by atoms with Gasteiger partial charge in [0.05, 0.1) is 12.7 Å². The predicted octanol–water partition coefficient (Wildman–Crippen LogP) is 1.42. The number of aromatic nitrogens is 2. The van der Waals surface area contributed by atoms with Crippen molar-refractivity contribution in [1.29, 1.82) is 0 Å². The molecule has 0 saturated heterocycles. The third-order valence-corrected chi connectivity index (χ3v) is 7.21. The van der Waals surface area contributed by atoms with Crippen molar-refractivity contribution in [2.24, 2.45) is 9.50 Å². The van der Waals surface area contributed by atoms with Gasteiger partial charge in [-0.1, -0.05) is 6.07 Å². The fourth-order valence-corrected chi connectivity index (χ4v) is 5.36. The largest absolute Gasteiger partial charge is 0.474 e. The first kappa shape index (κ1) is 17.8. The van der Waals surface area contributed by atoms with Crippen molar-refractivity contribution in [1.82, 2.24) is 9.78 Å². The van der Waals surface area contributed by atoms with E-state index in [9.17, 15) is 9.00 Å². The third-order valence-electron chi connectivity index (χ3n) is 5.87. The summed E-state index contributed by atoms with van der Waals surface area (Å²) in [6, 6.07) is 2.21. The van der Waals surface area contributed by atoms with Gasteiger partial charge in [0.25, 0.3) is 5.91 Å². The molecule has 2 aliphatic carbocycles. The molecule has 3 aliphatic rings. The van der Waals surface area contributed by atoms with Crippen LogP contribution in [0.25, 0.3) is 0 Å². The fourth-order valence-electron chi connectivity index (χ4n) is 4.31. The number of methoxy groups -OCH3 is 1. The third kappa shape index (κ3) is 2.68. The number of amides is 1. The first-order chi connectivity index (χ1) is 13.5. The number of hydrogen-bond acceptors (Lipinski definition) is 5. The zero-order valence-electron chi connectivity index (χ0n) is 15.6. The highest BCUT2D eigenvalue weighted by Gasteiger charge is 2.31. The Morgan fingerprint density at radius 1 is 1.32 bits per heavy atom. The molecule has 148 valence electrons. The molecule has 28 heavy (non-hydrogen) atoms. The normalized spacial score (nSPS) is 21.6. The van der Waals surface area contributed by atoms with Crippen LogP contribution in [0.2, 0.25) is 0 Å². The van der Waals surface area contributed by atoms with Crippen LogP contribution in [0.1, 0.15) is 39.0 Å². The van der Waals surface area contributed by atoms with Gasteiger partial charge in [0, 0.05) is 12.7 Å². The number of carbonyl (C=O) groups excluding carboxylic acids is 1. The number of hydrogen-bond donors (Lipinski definition) is 1. The molecule has 2 N–H and O–H groups in total. The molecule has 1 aliphatic heterocycles. The molecule has 1 unspecified atom stereocenters. The molecule has 1 amide bonds. The molecule has 9 heteroatoms. The summed E-state index contributed by atoms with van der Waals surface area (Å²) >= 11 is 0. The number of fused-ring (bicyclic) bond motifs is 3. The van der Waals surface area contributed by atoms with E-state index in [2.05, 4.69) is 15.5 Å². The zero-order valence-corrected chi connectivity index (χ0v) is 16.5. The van der Waals surface area contributed by atoms with Crippen molar-refractivity contribution in [3.05, 3.63) is 40.1 Å². The maximum Gasteiger partial charge on any atom is 0.286 e. The van der Waals surface area contributed by atoms with Gasteiger partial charge in [-0.15, -0.1) is 4.36 Å². The van der Waals surface area contributed by atoms with E-state index < -0.39 is 15.8 Å². The first-order valence-corrected chi connectivity index (χ1v) is 11.0. The average molecular weight is 402 g/mol. The zero-order chi connectivity index (χ0) is 19.5. The minimum atomic E-state index is -3.48. The second-order valence-electron chi connectivity index (χ2n) is 7.51. The quantitative estimate of drug-likeness (QED) is 0.835.